The van der Waals surface area contributed by atoms with Crippen molar-refractivity contribution in [2.75, 3.05) is 13.3 Å². The zero-order valence-electron chi connectivity index (χ0n) is 14.0. The Morgan fingerprint density at radius 3 is 2.62 bits per heavy atom. The zero-order valence-corrected chi connectivity index (χ0v) is 14.8. The van der Waals surface area contributed by atoms with Gasteiger partial charge in [-0.1, -0.05) is 13.0 Å². The summed E-state index contributed by atoms with van der Waals surface area (Å²) in [4.78, 5) is 16.7. The number of benzene rings is 2. The molecule has 136 valence electrons. The molecule has 0 amide bonds. The quantitative estimate of drug-likeness (QED) is 0.707. The minimum absolute atomic E-state index is 0.128. The Balaban J connectivity index is 1.66. The number of rotatable bonds is 5. The van der Waals surface area contributed by atoms with Gasteiger partial charge in [-0.15, -0.1) is 0 Å². The topological polar surface area (TPSA) is 104 Å². The molecule has 2 aromatic carbocycles. The van der Waals surface area contributed by atoms with Crippen molar-refractivity contribution in [2.45, 2.75) is 18.4 Å². The number of H-pyrrole nitrogens is 2. The fraction of sp³-hybridized carbons (Fsp3) is 0.235. The van der Waals surface area contributed by atoms with E-state index in [2.05, 4.69) is 9.97 Å². The van der Waals surface area contributed by atoms with Crippen molar-refractivity contribution in [3.05, 3.63) is 52.4 Å². The summed E-state index contributed by atoms with van der Waals surface area (Å²) >= 11 is 0. The maximum atomic E-state index is 13.0. The van der Waals surface area contributed by atoms with Crippen LogP contribution in [0.2, 0.25) is 0 Å². The molecule has 9 heteroatoms. The van der Waals surface area contributed by atoms with E-state index in [-0.39, 0.29) is 23.9 Å². The van der Waals surface area contributed by atoms with Gasteiger partial charge in [0.15, 0.2) is 11.5 Å². The van der Waals surface area contributed by atoms with Gasteiger partial charge in [0.1, 0.15) is 0 Å². The maximum Gasteiger partial charge on any atom is 0.323 e. The molecule has 0 unspecified atom stereocenters. The number of aromatic nitrogens is 2. The van der Waals surface area contributed by atoms with Crippen LogP contribution in [0.25, 0.3) is 11.0 Å². The Morgan fingerprint density at radius 2 is 1.81 bits per heavy atom. The number of nitrogens with one attached hydrogen (secondary N) is 2. The smallest absolute Gasteiger partial charge is 0.323 e. The average Bonchev–Trinajstić information content (AvgIpc) is 3.23. The summed E-state index contributed by atoms with van der Waals surface area (Å²) in [6, 6.07) is 9.91. The fourth-order valence-corrected chi connectivity index (χ4v) is 4.39. The van der Waals surface area contributed by atoms with Crippen molar-refractivity contribution >= 4 is 21.1 Å². The van der Waals surface area contributed by atoms with E-state index in [1.165, 1.54) is 16.4 Å². The normalized spacial score (nSPS) is 13.6. The van der Waals surface area contributed by atoms with Gasteiger partial charge in [0, 0.05) is 13.1 Å². The molecule has 0 aliphatic carbocycles. The third-order valence-corrected chi connectivity index (χ3v) is 6.19. The molecule has 4 rings (SSSR count). The fourth-order valence-electron chi connectivity index (χ4n) is 2.93. The molecule has 26 heavy (non-hydrogen) atoms. The minimum Gasteiger partial charge on any atom is -0.454 e. The monoisotopic (exact) mass is 375 g/mol. The first-order valence-corrected chi connectivity index (χ1v) is 9.52. The van der Waals surface area contributed by atoms with E-state index < -0.39 is 10.0 Å². The Bertz CT molecular complexity index is 1130. The summed E-state index contributed by atoms with van der Waals surface area (Å²) in [6.45, 7) is 2.46. The second kappa shape index (κ2) is 6.19. The minimum atomic E-state index is -3.72. The lowest BCUT2D eigenvalue weighted by Gasteiger charge is -2.21. The highest BCUT2D eigenvalue weighted by Crippen LogP contribution is 2.33. The Kier molecular flexibility index (Phi) is 3.97. The zero-order chi connectivity index (χ0) is 18.3. The molecule has 1 aliphatic rings. The van der Waals surface area contributed by atoms with Crippen LogP contribution in [0.4, 0.5) is 0 Å². The van der Waals surface area contributed by atoms with Gasteiger partial charge in [-0.2, -0.15) is 4.31 Å². The van der Waals surface area contributed by atoms with E-state index in [0.717, 1.165) is 5.56 Å². The van der Waals surface area contributed by atoms with Crippen LogP contribution in [0.5, 0.6) is 11.5 Å². The standard InChI is InChI=1S/C17H17N3O5S/c1-2-20(9-11-3-6-15-16(7-11)25-10-24-15)26(22,23)12-4-5-13-14(8-12)19-17(21)18-13/h3-8H,2,9-10H2,1H3,(H2,18,19,21). The number of ether oxygens (including phenoxy) is 2. The molecule has 0 atom stereocenters. The van der Waals surface area contributed by atoms with Crippen molar-refractivity contribution in [3.8, 4) is 11.5 Å². The first kappa shape index (κ1) is 16.7. The summed E-state index contributed by atoms with van der Waals surface area (Å²) in [5.74, 6) is 1.27. The summed E-state index contributed by atoms with van der Waals surface area (Å²) in [5.41, 5.74) is 1.45. The Labute approximate surface area is 149 Å². The van der Waals surface area contributed by atoms with Crippen LogP contribution < -0.4 is 15.2 Å². The molecule has 0 saturated carbocycles. The van der Waals surface area contributed by atoms with Crippen LogP contribution in [0.1, 0.15) is 12.5 Å². The van der Waals surface area contributed by atoms with Crippen LogP contribution in [0.3, 0.4) is 0 Å². The molecule has 2 heterocycles. The van der Waals surface area contributed by atoms with Crippen molar-refractivity contribution < 1.29 is 17.9 Å². The third kappa shape index (κ3) is 2.85. The number of imidazole rings is 1. The molecule has 1 aliphatic heterocycles. The van der Waals surface area contributed by atoms with Crippen molar-refractivity contribution in [2.24, 2.45) is 0 Å². The predicted octanol–water partition coefficient (Wildman–Crippen LogP) is 1.80. The molecular formula is C17H17N3O5S. The highest BCUT2D eigenvalue weighted by Gasteiger charge is 2.24. The molecule has 1 aromatic heterocycles. The van der Waals surface area contributed by atoms with E-state index in [9.17, 15) is 13.2 Å². The Hall–Kier alpha value is -2.78. The lowest BCUT2D eigenvalue weighted by atomic mass is 10.2. The van der Waals surface area contributed by atoms with Gasteiger partial charge < -0.3 is 19.4 Å². The molecule has 0 saturated heterocycles. The molecular weight excluding hydrogens is 358 g/mol. The van der Waals surface area contributed by atoms with E-state index >= 15 is 0 Å². The second-order valence-electron chi connectivity index (χ2n) is 5.91. The van der Waals surface area contributed by atoms with Crippen LogP contribution in [0, 0.1) is 0 Å². The van der Waals surface area contributed by atoms with E-state index in [0.29, 0.717) is 29.1 Å². The SMILES string of the molecule is CCN(Cc1ccc2c(c1)OCO2)S(=O)(=O)c1ccc2[nH]c(=O)[nH]c2c1. The number of fused-ring (bicyclic) bond motifs is 2. The lowest BCUT2D eigenvalue weighted by Crippen LogP contribution is -2.30. The average molecular weight is 375 g/mol. The highest BCUT2D eigenvalue weighted by atomic mass is 32.2. The van der Waals surface area contributed by atoms with Gasteiger partial charge in [-0.3, -0.25) is 0 Å². The number of hydrogen-bond donors (Lipinski definition) is 2. The molecule has 0 radical (unpaired) electrons. The number of sulfonamides is 1. The van der Waals surface area contributed by atoms with Gasteiger partial charge in [0.05, 0.1) is 15.9 Å². The maximum absolute atomic E-state index is 13.0. The van der Waals surface area contributed by atoms with Crippen molar-refractivity contribution in [1.82, 2.24) is 14.3 Å². The van der Waals surface area contributed by atoms with Gasteiger partial charge >= 0.3 is 5.69 Å². The summed E-state index contributed by atoms with van der Waals surface area (Å²) in [6.07, 6.45) is 0. The first-order valence-electron chi connectivity index (χ1n) is 8.08. The first-order chi connectivity index (χ1) is 12.5. The van der Waals surface area contributed by atoms with Crippen LogP contribution >= 0.6 is 0 Å². The molecule has 0 fully saturated rings. The Morgan fingerprint density at radius 1 is 1.04 bits per heavy atom. The molecule has 3 aromatic rings. The van der Waals surface area contributed by atoms with E-state index in [4.69, 9.17) is 9.47 Å². The van der Waals surface area contributed by atoms with Crippen LogP contribution in [0.15, 0.2) is 46.1 Å². The number of nitrogens with zero attached hydrogens (tertiary/aromatic N) is 1. The van der Waals surface area contributed by atoms with E-state index in [1.807, 2.05) is 6.07 Å². The molecule has 2 N–H and O–H groups in total. The summed E-state index contributed by atoms with van der Waals surface area (Å²) in [5, 5.41) is 0. The third-order valence-electron chi connectivity index (χ3n) is 4.27. The van der Waals surface area contributed by atoms with Crippen LogP contribution in [-0.2, 0) is 16.6 Å². The van der Waals surface area contributed by atoms with Gasteiger partial charge in [0.25, 0.3) is 0 Å². The summed E-state index contributed by atoms with van der Waals surface area (Å²) in [7, 11) is -3.72. The number of aromatic amines is 2. The van der Waals surface area contributed by atoms with Gasteiger partial charge in [0.2, 0.25) is 16.8 Å². The molecule has 0 spiro atoms. The highest BCUT2D eigenvalue weighted by molar-refractivity contribution is 7.89. The largest absolute Gasteiger partial charge is 0.454 e. The summed E-state index contributed by atoms with van der Waals surface area (Å²) < 4.78 is 38.0. The van der Waals surface area contributed by atoms with Crippen molar-refractivity contribution in [1.29, 1.82) is 0 Å². The van der Waals surface area contributed by atoms with Crippen molar-refractivity contribution in [3.63, 3.8) is 0 Å². The second-order valence-corrected chi connectivity index (χ2v) is 7.84. The predicted molar refractivity (Wildman–Crippen MR) is 94.8 cm³/mol. The van der Waals surface area contributed by atoms with Gasteiger partial charge in [-0.05, 0) is 35.9 Å². The number of hydrogen-bond acceptors (Lipinski definition) is 5. The lowest BCUT2D eigenvalue weighted by molar-refractivity contribution is 0.174. The molecule has 0 bridgehead atoms. The van der Waals surface area contributed by atoms with Crippen LogP contribution in [-0.4, -0.2) is 36.0 Å². The van der Waals surface area contributed by atoms with E-state index in [1.54, 1.807) is 25.1 Å². The van der Waals surface area contributed by atoms with Gasteiger partial charge in [-0.25, -0.2) is 13.2 Å². The molecule has 8 nitrogen and oxygen atoms in total.